The van der Waals surface area contributed by atoms with Gasteiger partial charge in [-0.1, -0.05) is 30.3 Å². The van der Waals surface area contributed by atoms with Crippen molar-refractivity contribution in [1.82, 2.24) is 0 Å². The van der Waals surface area contributed by atoms with E-state index in [4.69, 9.17) is 5.11 Å². The first-order chi connectivity index (χ1) is 11.9. The number of aromatic hydroxyl groups is 2. The van der Waals surface area contributed by atoms with Gasteiger partial charge in [0.15, 0.2) is 0 Å². The Morgan fingerprint density at radius 3 is 2.20 bits per heavy atom. The third-order valence-corrected chi connectivity index (χ3v) is 4.03. The number of carboxylic acids is 2. The second-order valence-electron chi connectivity index (χ2n) is 5.61. The van der Waals surface area contributed by atoms with Crippen LogP contribution in [0.5, 0.6) is 11.5 Å². The Morgan fingerprint density at radius 1 is 0.840 bits per heavy atom. The topological polar surface area (TPSA) is 115 Å². The number of fused-ring (bicyclic) bond motifs is 1. The molecule has 0 spiro atoms. The van der Waals surface area contributed by atoms with Gasteiger partial charge in [0.05, 0.1) is 0 Å². The number of carbonyl (C=O) groups is 2. The summed E-state index contributed by atoms with van der Waals surface area (Å²) in [4.78, 5) is 22.5. The average molecular weight is 338 g/mol. The Kier molecular flexibility index (Phi) is 4.02. The van der Waals surface area contributed by atoms with Crippen molar-refractivity contribution in [1.29, 1.82) is 0 Å². The Bertz CT molecular complexity index is 1010. The molecule has 3 aromatic carbocycles. The fraction of sp³-hybridized carbons (Fsp3) is 0.0526. The summed E-state index contributed by atoms with van der Waals surface area (Å²) in [5.41, 5.74) is 0.442. The maximum atomic E-state index is 11.4. The van der Waals surface area contributed by atoms with Gasteiger partial charge in [-0.15, -0.1) is 0 Å². The lowest BCUT2D eigenvalue weighted by Crippen LogP contribution is -2.02. The molecular weight excluding hydrogens is 324 g/mol. The molecule has 3 rings (SSSR count). The summed E-state index contributed by atoms with van der Waals surface area (Å²) in [6, 6.07) is 12.5. The van der Waals surface area contributed by atoms with E-state index in [1.807, 2.05) is 0 Å². The quantitative estimate of drug-likeness (QED) is 0.580. The van der Waals surface area contributed by atoms with Crippen LogP contribution in [0.25, 0.3) is 10.8 Å². The number of hydrogen-bond donors (Lipinski definition) is 4. The van der Waals surface area contributed by atoms with Gasteiger partial charge in [-0.2, -0.15) is 0 Å². The summed E-state index contributed by atoms with van der Waals surface area (Å²) in [5.74, 6) is -3.23. The Hall–Kier alpha value is -3.54. The summed E-state index contributed by atoms with van der Waals surface area (Å²) in [6.45, 7) is 0. The van der Waals surface area contributed by atoms with Crippen LogP contribution in [-0.2, 0) is 6.42 Å². The van der Waals surface area contributed by atoms with Gasteiger partial charge in [0.25, 0.3) is 0 Å². The molecule has 0 amide bonds. The second kappa shape index (κ2) is 6.16. The van der Waals surface area contributed by atoms with Crippen molar-refractivity contribution < 1.29 is 30.0 Å². The fourth-order valence-corrected chi connectivity index (χ4v) is 2.82. The summed E-state index contributed by atoms with van der Waals surface area (Å²) < 4.78 is 0. The molecule has 0 radical (unpaired) electrons. The number of benzene rings is 3. The molecule has 0 aliphatic heterocycles. The molecule has 25 heavy (non-hydrogen) atoms. The van der Waals surface area contributed by atoms with Gasteiger partial charge in [-0.05, 0) is 34.5 Å². The van der Waals surface area contributed by atoms with Crippen LogP contribution in [0.15, 0.2) is 48.5 Å². The molecule has 0 saturated heterocycles. The van der Waals surface area contributed by atoms with E-state index in [0.29, 0.717) is 21.9 Å². The summed E-state index contributed by atoms with van der Waals surface area (Å²) in [5, 5.41) is 39.8. The third-order valence-electron chi connectivity index (χ3n) is 4.03. The summed E-state index contributed by atoms with van der Waals surface area (Å²) in [7, 11) is 0. The standard InChI is InChI=1S/C19H14O6/c20-16-6-5-10(8-14(16)18(22)23)7-13-12-4-2-1-3-11(12)9-15(17(13)21)19(24)25/h1-6,8-9,20-21H,7H2,(H,22,23)(H,24,25). The summed E-state index contributed by atoms with van der Waals surface area (Å²) >= 11 is 0. The predicted molar refractivity (Wildman–Crippen MR) is 90.4 cm³/mol. The smallest absolute Gasteiger partial charge is 0.339 e. The van der Waals surface area contributed by atoms with Gasteiger partial charge in [-0.25, -0.2) is 9.59 Å². The minimum atomic E-state index is -1.27. The van der Waals surface area contributed by atoms with Crippen molar-refractivity contribution in [2.45, 2.75) is 6.42 Å². The first-order valence-corrected chi connectivity index (χ1v) is 7.40. The van der Waals surface area contributed by atoms with E-state index >= 15 is 0 Å². The van der Waals surface area contributed by atoms with Crippen LogP contribution in [0.2, 0.25) is 0 Å². The Labute approximate surface area is 142 Å². The highest BCUT2D eigenvalue weighted by molar-refractivity contribution is 6.00. The highest BCUT2D eigenvalue weighted by Gasteiger charge is 2.18. The molecule has 0 aliphatic rings. The summed E-state index contributed by atoms with van der Waals surface area (Å²) in [6.07, 6.45) is 0.119. The van der Waals surface area contributed by atoms with Crippen molar-refractivity contribution >= 4 is 22.7 Å². The lowest BCUT2D eigenvalue weighted by molar-refractivity contribution is 0.0682. The van der Waals surface area contributed by atoms with E-state index in [9.17, 15) is 24.9 Å². The van der Waals surface area contributed by atoms with Crippen LogP contribution in [0.3, 0.4) is 0 Å². The highest BCUT2D eigenvalue weighted by atomic mass is 16.4. The first kappa shape index (κ1) is 16.3. The minimum Gasteiger partial charge on any atom is -0.507 e. The van der Waals surface area contributed by atoms with E-state index in [1.54, 1.807) is 24.3 Å². The van der Waals surface area contributed by atoms with Gasteiger partial charge >= 0.3 is 11.9 Å². The second-order valence-corrected chi connectivity index (χ2v) is 5.61. The SMILES string of the molecule is O=C(O)c1cc(Cc2c(O)c(C(=O)O)cc3ccccc23)ccc1O. The fourth-order valence-electron chi connectivity index (χ4n) is 2.82. The van der Waals surface area contributed by atoms with E-state index in [1.165, 1.54) is 24.3 Å². The normalized spacial score (nSPS) is 10.7. The molecule has 0 fully saturated rings. The van der Waals surface area contributed by atoms with Gasteiger partial charge in [0.1, 0.15) is 22.6 Å². The van der Waals surface area contributed by atoms with Crippen molar-refractivity contribution in [2.24, 2.45) is 0 Å². The van der Waals surface area contributed by atoms with Crippen molar-refractivity contribution in [2.75, 3.05) is 0 Å². The first-order valence-electron chi connectivity index (χ1n) is 7.40. The van der Waals surface area contributed by atoms with Crippen LogP contribution >= 0.6 is 0 Å². The predicted octanol–water partition coefficient (Wildman–Crippen LogP) is 3.24. The molecule has 0 heterocycles. The highest BCUT2D eigenvalue weighted by Crippen LogP contribution is 2.34. The molecule has 3 aromatic rings. The van der Waals surface area contributed by atoms with E-state index in [0.717, 1.165) is 0 Å². The van der Waals surface area contributed by atoms with Crippen molar-refractivity contribution in [3.8, 4) is 11.5 Å². The largest absolute Gasteiger partial charge is 0.507 e. The van der Waals surface area contributed by atoms with Crippen LogP contribution in [0.4, 0.5) is 0 Å². The van der Waals surface area contributed by atoms with Crippen molar-refractivity contribution in [3.05, 3.63) is 70.8 Å². The zero-order valence-corrected chi connectivity index (χ0v) is 12.9. The van der Waals surface area contributed by atoms with E-state index in [-0.39, 0.29) is 29.0 Å². The zero-order chi connectivity index (χ0) is 18.1. The lowest BCUT2D eigenvalue weighted by atomic mass is 9.94. The molecule has 6 nitrogen and oxygen atoms in total. The molecule has 0 aliphatic carbocycles. The lowest BCUT2D eigenvalue weighted by Gasteiger charge is -2.13. The monoisotopic (exact) mass is 338 g/mol. The van der Waals surface area contributed by atoms with E-state index < -0.39 is 11.9 Å². The molecule has 0 unspecified atom stereocenters. The molecule has 0 bridgehead atoms. The molecule has 4 N–H and O–H groups in total. The maximum Gasteiger partial charge on any atom is 0.339 e. The third kappa shape index (κ3) is 2.97. The maximum absolute atomic E-state index is 11.4. The molecule has 6 heteroatoms. The minimum absolute atomic E-state index is 0.119. The number of hydrogen-bond acceptors (Lipinski definition) is 4. The zero-order valence-electron chi connectivity index (χ0n) is 12.9. The van der Waals surface area contributed by atoms with Crippen LogP contribution in [-0.4, -0.2) is 32.4 Å². The van der Waals surface area contributed by atoms with Crippen LogP contribution in [0, 0.1) is 0 Å². The number of carboxylic acid groups (broad SMARTS) is 2. The van der Waals surface area contributed by atoms with Gasteiger partial charge in [-0.3, -0.25) is 0 Å². The van der Waals surface area contributed by atoms with Gasteiger partial charge in [0, 0.05) is 12.0 Å². The number of aromatic carboxylic acids is 2. The number of rotatable bonds is 4. The Morgan fingerprint density at radius 2 is 1.52 bits per heavy atom. The molecule has 126 valence electrons. The molecule has 0 atom stereocenters. The Balaban J connectivity index is 2.19. The van der Waals surface area contributed by atoms with Crippen LogP contribution < -0.4 is 0 Å². The molecule has 0 saturated carbocycles. The van der Waals surface area contributed by atoms with Crippen molar-refractivity contribution in [3.63, 3.8) is 0 Å². The van der Waals surface area contributed by atoms with Crippen LogP contribution in [0.1, 0.15) is 31.8 Å². The van der Waals surface area contributed by atoms with Gasteiger partial charge < -0.3 is 20.4 Å². The molecular formula is C19H14O6. The molecule has 0 aromatic heterocycles. The number of phenols is 2. The van der Waals surface area contributed by atoms with E-state index in [2.05, 4.69) is 0 Å². The van der Waals surface area contributed by atoms with Gasteiger partial charge in [0.2, 0.25) is 0 Å². The average Bonchev–Trinajstić information content (AvgIpc) is 2.58.